The summed E-state index contributed by atoms with van der Waals surface area (Å²) < 4.78 is 0. The molecule has 1 aromatic rings. The molecule has 0 bridgehead atoms. The van der Waals surface area contributed by atoms with Gasteiger partial charge in [0.2, 0.25) is 0 Å². The van der Waals surface area contributed by atoms with Gasteiger partial charge in [0.1, 0.15) is 0 Å². The third-order valence-electron chi connectivity index (χ3n) is 3.47. The molecule has 0 spiro atoms. The van der Waals surface area contributed by atoms with Gasteiger partial charge in [0, 0.05) is 19.7 Å². The largest absolute Gasteiger partial charge is 0.396 e. The van der Waals surface area contributed by atoms with Crippen molar-refractivity contribution in [2.45, 2.75) is 19.3 Å². The Hall–Kier alpha value is -1.35. The van der Waals surface area contributed by atoms with Crippen LogP contribution < -0.4 is 5.73 Å². The Morgan fingerprint density at radius 3 is 3.15 bits per heavy atom. The van der Waals surface area contributed by atoms with E-state index in [-0.39, 0.29) is 12.5 Å². The van der Waals surface area contributed by atoms with E-state index < -0.39 is 0 Å². The fourth-order valence-electron chi connectivity index (χ4n) is 2.48. The summed E-state index contributed by atoms with van der Waals surface area (Å²) >= 11 is 1.42. The lowest BCUT2D eigenvalue weighted by atomic mass is 9.95. The minimum Gasteiger partial charge on any atom is -0.396 e. The maximum Gasteiger partial charge on any atom is 0.263 e. The van der Waals surface area contributed by atoms with Gasteiger partial charge in [-0.3, -0.25) is 4.79 Å². The molecule has 1 fully saturated rings. The van der Waals surface area contributed by atoms with Crippen molar-refractivity contribution in [2.24, 2.45) is 11.7 Å². The second-order valence-corrected chi connectivity index (χ2v) is 6.03. The number of hydrogen-bond donors (Lipinski definition) is 2. The molecule has 1 amide bonds. The van der Waals surface area contributed by atoms with Crippen LogP contribution in [0.2, 0.25) is 0 Å². The van der Waals surface area contributed by atoms with Crippen LogP contribution in [-0.2, 0) is 0 Å². The molecule has 1 aliphatic heterocycles. The fraction of sp³-hybridized carbons (Fsp3) is 0.533. The topological polar surface area (TPSA) is 66.6 Å². The minimum absolute atomic E-state index is 0.0819. The van der Waals surface area contributed by atoms with E-state index in [0.29, 0.717) is 12.5 Å². The van der Waals surface area contributed by atoms with Crippen LogP contribution in [0, 0.1) is 17.8 Å². The zero-order chi connectivity index (χ0) is 14.4. The molecule has 1 aromatic heterocycles. The Labute approximate surface area is 123 Å². The highest BCUT2D eigenvalue weighted by atomic mass is 32.1. The van der Waals surface area contributed by atoms with Gasteiger partial charge in [-0.15, -0.1) is 11.3 Å². The Morgan fingerprint density at radius 2 is 2.40 bits per heavy atom. The van der Waals surface area contributed by atoms with Crippen molar-refractivity contribution in [2.75, 3.05) is 26.2 Å². The zero-order valence-corrected chi connectivity index (χ0v) is 12.3. The first-order valence-corrected chi connectivity index (χ1v) is 7.75. The zero-order valence-electron chi connectivity index (χ0n) is 11.5. The van der Waals surface area contributed by atoms with Gasteiger partial charge in [0.15, 0.2) is 0 Å². The van der Waals surface area contributed by atoms with Gasteiger partial charge in [-0.2, -0.15) is 0 Å². The summed E-state index contributed by atoms with van der Waals surface area (Å²) in [6, 6.07) is 3.71. The first-order valence-electron chi connectivity index (χ1n) is 6.93. The van der Waals surface area contributed by atoms with E-state index in [2.05, 4.69) is 11.8 Å². The second kappa shape index (κ2) is 7.44. The third kappa shape index (κ3) is 3.83. The molecule has 2 heterocycles. The molecule has 2 rings (SSSR count). The predicted octanol–water partition coefficient (Wildman–Crippen LogP) is 1.29. The Kier molecular flexibility index (Phi) is 5.60. The number of nitrogens with zero attached hydrogens (tertiary/aromatic N) is 1. The summed E-state index contributed by atoms with van der Waals surface area (Å²) in [6.07, 6.45) is 2.89. The number of hydrogen-bond acceptors (Lipinski definition) is 4. The van der Waals surface area contributed by atoms with Crippen molar-refractivity contribution >= 4 is 17.2 Å². The van der Waals surface area contributed by atoms with E-state index in [1.807, 2.05) is 17.0 Å². The van der Waals surface area contributed by atoms with Gasteiger partial charge in [-0.05, 0) is 37.3 Å². The summed E-state index contributed by atoms with van der Waals surface area (Å²) in [6.45, 7) is 2.09. The predicted molar refractivity (Wildman–Crippen MR) is 80.6 cm³/mol. The normalized spacial score (nSPS) is 18.5. The van der Waals surface area contributed by atoms with Crippen molar-refractivity contribution in [1.29, 1.82) is 0 Å². The first-order chi connectivity index (χ1) is 9.74. The van der Waals surface area contributed by atoms with Gasteiger partial charge < -0.3 is 15.7 Å². The number of likely N-dealkylation sites (tertiary alicyclic amines) is 1. The number of carbonyl (C=O) groups is 1. The van der Waals surface area contributed by atoms with Gasteiger partial charge in [-0.25, -0.2) is 0 Å². The molecule has 1 atom stereocenters. The lowest BCUT2D eigenvalue weighted by Crippen LogP contribution is -2.39. The molecule has 4 nitrogen and oxygen atoms in total. The molecular formula is C15H20N2O2S. The third-order valence-corrected chi connectivity index (χ3v) is 4.46. The number of aliphatic hydroxyl groups is 1. The SMILES string of the molecule is NCC#Cc1ccc(C(=O)N2CCCC(CCO)C2)s1. The highest BCUT2D eigenvalue weighted by Crippen LogP contribution is 2.23. The molecule has 0 radical (unpaired) electrons. The van der Waals surface area contributed by atoms with Crippen LogP contribution in [0.25, 0.3) is 0 Å². The fourth-order valence-corrected chi connectivity index (χ4v) is 3.33. The Bertz CT molecular complexity index is 513. The maximum atomic E-state index is 12.4. The minimum atomic E-state index is 0.0819. The molecular weight excluding hydrogens is 272 g/mol. The smallest absolute Gasteiger partial charge is 0.263 e. The Balaban J connectivity index is 2.01. The number of amides is 1. The monoisotopic (exact) mass is 292 g/mol. The van der Waals surface area contributed by atoms with Crippen molar-refractivity contribution in [3.8, 4) is 11.8 Å². The van der Waals surface area contributed by atoms with Crippen molar-refractivity contribution in [3.05, 3.63) is 21.9 Å². The van der Waals surface area contributed by atoms with Crippen LogP contribution in [0.15, 0.2) is 12.1 Å². The molecule has 1 saturated heterocycles. The van der Waals surface area contributed by atoms with Crippen LogP contribution >= 0.6 is 11.3 Å². The number of nitrogens with two attached hydrogens (primary N) is 1. The van der Waals surface area contributed by atoms with E-state index >= 15 is 0 Å². The maximum absolute atomic E-state index is 12.4. The van der Waals surface area contributed by atoms with E-state index in [1.54, 1.807) is 0 Å². The lowest BCUT2D eigenvalue weighted by Gasteiger charge is -2.32. The van der Waals surface area contributed by atoms with Gasteiger partial charge >= 0.3 is 0 Å². The van der Waals surface area contributed by atoms with E-state index in [1.165, 1.54) is 11.3 Å². The van der Waals surface area contributed by atoms with Crippen LogP contribution in [-0.4, -0.2) is 42.2 Å². The van der Waals surface area contributed by atoms with Crippen LogP contribution in [0.4, 0.5) is 0 Å². The van der Waals surface area contributed by atoms with Crippen molar-refractivity contribution < 1.29 is 9.90 Å². The van der Waals surface area contributed by atoms with Crippen molar-refractivity contribution in [3.63, 3.8) is 0 Å². The van der Waals surface area contributed by atoms with Gasteiger partial charge in [0.05, 0.1) is 16.3 Å². The summed E-state index contributed by atoms with van der Waals surface area (Å²) in [4.78, 5) is 15.9. The molecule has 0 saturated carbocycles. The number of carbonyl (C=O) groups excluding carboxylic acids is 1. The highest BCUT2D eigenvalue weighted by molar-refractivity contribution is 7.14. The van der Waals surface area contributed by atoms with E-state index in [4.69, 9.17) is 10.8 Å². The Morgan fingerprint density at radius 1 is 1.55 bits per heavy atom. The molecule has 3 N–H and O–H groups in total. The van der Waals surface area contributed by atoms with E-state index in [0.717, 1.165) is 42.1 Å². The number of rotatable bonds is 3. The lowest BCUT2D eigenvalue weighted by molar-refractivity contribution is 0.0658. The summed E-state index contributed by atoms with van der Waals surface area (Å²) in [5.74, 6) is 6.25. The quantitative estimate of drug-likeness (QED) is 0.825. The van der Waals surface area contributed by atoms with Crippen LogP contribution in [0.3, 0.4) is 0 Å². The average molecular weight is 292 g/mol. The molecule has 5 heteroatoms. The number of piperidine rings is 1. The first kappa shape index (κ1) is 15.0. The number of aliphatic hydroxyl groups excluding tert-OH is 1. The molecule has 1 aliphatic rings. The summed E-state index contributed by atoms with van der Waals surface area (Å²) in [5, 5.41) is 9.02. The highest BCUT2D eigenvalue weighted by Gasteiger charge is 2.24. The summed E-state index contributed by atoms with van der Waals surface area (Å²) in [7, 11) is 0. The van der Waals surface area contributed by atoms with Crippen LogP contribution in [0.1, 0.15) is 33.8 Å². The molecule has 1 unspecified atom stereocenters. The molecule has 0 aromatic carbocycles. The number of thiophene rings is 1. The summed E-state index contributed by atoms with van der Waals surface area (Å²) in [5.41, 5.74) is 5.34. The van der Waals surface area contributed by atoms with Crippen LogP contribution in [0.5, 0.6) is 0 Å². The molecule has 20 heavy (non-hydrogen) atoms. The van der Waals surface area contributed by atoms with E-state index in [9.17, 15) is 4.79 Å². The average Bonchev–Trinajstić information content (AvgIpc) is 2.94. The second-order valence-electron chi connectivity index (χ2n) is 4.94. The van der Waals surface area contributed by atoms with Gasteiger partial charge in [-0.1, -0.05) is 11.8 Å². The van der Waals surface area contributed by atoms with Gasteiger partial charge in [0.25, 0.3) is 5.91 Å². The van der Waals surface area contributed by atoms with Crippen molar-refractivity contribution in [1.82, 2.24) is 4.90 Å². The molecule has 108 valence electrons. The standard InChI is InChI=1S/C15H20N2O2S/c16-8-1-4-13-5-6-14(20-13)15(19)17-9-2-3-12(11-17)7-10-18/h5-6,12,18H,2-3,7-11,16H2. The molecule has 0 aliphatic carbocycles.